The van der Waals surface area contributed by atoms with Gasteiger partial charge in [-0.1, -0.05) is 0 Å². The van der Waals surface area contributed by atoms with E-state index in [2.05, 4.69) is 0 Å². The van der Waals surface area contributed by atoms with Crippen LogP contribution in [0.5, 0.6) is 11.5 Å². The van der Waals surface area contributed by atoms with E-state index < -0.39 is 91.8 Å². The van der Waals surface area contributed by atoms with E-state index in [1.165, 1.54) is 4.90 Å². The van der Waals surface area contributed by atoms with Crippen molar-refractivity contribution < 1.29 is 57.6 Å². The maximum Gasteiger partial charge on any atom is 0.300 e. The summed E-state index contributed by atoms with van der Waals surface area (Å²) in [5.74, 6) is -18.9. The Kier molecular flexibility index (Phi) is 8.61. The summed E-state index contributed by atoms with van der Waals surface area (Å²) in [6.07, 6.45) is 0. The number of ether oxygens (including phenoxy) is 2. The van der Waals surface area contributed by atoms with Crippen molar-refractivity contribution in [3.8, 4) is 11.5 Å². The quantitative estimate of drug-likeness (QED) is 0.286. The van der Waals surface area contributed by atoms with E-state index in [9.17, 15) is 43.5 Å². The summed E-state index contributed by atoms with van der Waals surface area (Å²) in [6.45, 7) is 3.37. The third-order valence-corrected chi connectivity index (χ3v) is 5.55. The average molecular weight is 537 g/mol. The summed E-state index contributed by atoms with van der Waals surface area (Å²) < 4.78 is 150. The van der Waals surface area contributed by atoms with Crippen molar-refractivity contribution in [2.24, 2.45) is 0 Å². The van der Waals surface area contributed by atoms with Crippen molar-refractivity contribution in [3.05, 3.63) is 52.6 Å². The molecule has 0 aliphatic heterocycles. The Labute approximate surface area is 194 Å². The molecular weight excluding hydrogens is 518 g/mol. The predicted molar refractivity (Wildman–Crippen MR) is 105 cm³/mol. The van der Waals surface area contributed by atoms with Gasteiger partial charge in [0.15, 0.2) is 39.7 Å². The van der Waals surface area contributed by atoms with Gasteiger partial charge in [-0.25, -0.2) is 17.6 Å². The Morgan fingerprint density at radius 2 is 1.11 bits per heavy atom. The maximum atomic E-state index is 14.1. The second-order valence-corrected chi connectivity index (χ2v) is 9.40. The summed E-state index contributed by atoms with van der Waals surface area (Å²) in [7, 11) is -5.63. The molecule has 6 nitrogen and oxygen atoms in total. The molecule has 0 bridgehead atoms. The number of benzene rings is 2. The van der Waals surface area contributed by atoms with Crippen LogP contribution in [0.1, 0.15) is 20.8 Å². The van der Waals surface area contributed by atoms with Gasteiger partial charge in [0.25, 0.3) is 0 Å². The average Bonchev–Trinajstić information content (AvgIpc) is 2.72. The summed E-state index contributed by atoms with van der Waals surface area (Å²) in [5.41, 5.74) is -0.751. The molecule has 1 N–H and O–H groups in total. The van der Waals surface area contributed by atoms with Crippen LogP contribution in [-0.4, -0.2) is 49.7 Å². The molecule has 0 aliphatic rings. The van der Waals surface area contributed by atoms with E-state index in [4.69, 9.17) is 14.0 Å². The normalized spacial score (nSPS) is 12.4. The Morgan fingerprint density at radius 1 is 0.743 bits per heavy atom. The molecule has 0 saturated heterocycles. The largest absolute Gasteiger partial charge is 0.486 e. The Hall–Kier alpha value is -2.65. The lowest BCUT2D eigenvalue weighted by Gasteiger charge is -2.35. The second kappa shape index (κ2) is 10.5. The molecule has 0 heterocycles. The summed E-state index contributed by atoms with van der Waals surface area (Å²) in [5, 5.41) is 0. The van der Waals surface area contributed by atoms with E-state index in [0.29, 0.717) is 0 Å². The smallest absolute Gasteiger partial charge is 0.300 e. The van der Waals surface area contributed by atoms with Crippen LogP contribution in [0.3, 0.4) is 0 Å². The van der Waals surface area contributed by atoms with Crippen LogP contribution in [0.4, 0.5) is 35.1 Å². The van der Waals surface area contributed by atoms with Crippen LogP contribution in [-0.2, 0) is 10.1 Å². The van der Waals surface area contributed by atoms with Crippen LogP contribution in [0.25, 0.3) is 0 Å². The summed E-state index contributed by atoms with van der Waals surface area (Å²) in [6, 6.07) is 0.00274. The van der Waals surface area contributed by atoms with Crippen molar-refractivity contribution in [2.75, 3.05) is 26.3 Å². The molecular formula is C20H19F8NO5S. The number of hydrogen-bond donors (Lipinski definition) is 1. The van der Waals surface area contributed by atoms with Crippen LogP contribution in [0.2, 0.25) is 0 Å². The van der Waals surface area contributed by atoms with Crippen LogP contribution < -0.4 is 9.47 Å². The first kappa shape index (κ1) is 28.6. The lowest BCUT2D eigenvalue weighted by atomic mass is 10.1. The Balaban J connectivity index is 2.14. The monoisotopic (exact) mass is 537 g/mol. The highest BCUT2D eigenvalue weighted by Crippen LogP contribution is 2.32. The molecule has 0 fully saturated rings. The van der Waals surface area contributed by atoms with Gasteiger partial charge >= 0.3 is 10.1 Å². The molecule has 196 valence electrons. The molecule has 0 amide bonds. The molecule has 0 aromatic heterocycles. The van der Waals surface area contributed by atoms with E-state index in [0.717, 1.165) is 0 Å². The molecule has 15 heteroatoms. The fourth-order valence-corrected chi connectivity index (χ4v) is 3.55. The highest BCUT2D eigenvalue weighted by Gasteiger charge is 2.33. The zero-order chi connectivity index (χ0) is 26.9. The van der Waals surface area contributed by atoms with Gasteiger partial charge < -0.3 is 9.47 Å². The molecule has 0 atom stereocenters. The topological polar surface area (TPSA) is 76.1 Å². The van der Waals surface area contributed by atoms with Gasteiger partial charge in [0.1, 0.15) is 13.2 Å². The first-order valence-electron chi connectivity index (χ1n) is 9.65. The zero-order valence-corrected chi connectivity index (χ0v) is 19.2. The minimum Gasteiger partial charge on any atom is -0.486 e. The lowest BCUT2D eigenvalue weighted by molar-refractivity contribution is 0.0889. The molecule has 0 spiro atoms. The van der Waals surface area contributed by atoms with Gasteiger partial charge in [-0.15, -0.1) is 0 Å². The van der Waals surface area contributed by atoms with Crippen molar-refractivity contribution in [3.63, 3.8) is 0 Å². The molecule has 0 radical (unpaired) electrons. The van der Waals surface area contributed by atoms with Gasteiger partial charge in [-0.3, -0.25) is 9.45 Å². The first-order valence-corrected chi connectivity index (χ1v) is 11.1. The molecule has 0 unspecified atom stereocenters. The minimum absolute atomic E-state index is 0.00274. The maximum absolute atomic E-state index is 14.1. The van der Waals surface area contributed by atoms with Crippen molar-refractivity contribution in [1.82, 2.24) is 4.90 Å². The van der Waals surface area contributed by atoms with Crippen molar-refractivity contribution in [1.29, 1.82) is 0 Å². The van der Waals surface area contributed by atoms with Crippen molar-refractivity contribution >= 4 is 10.1 Å². The number of rotatable bonds is 9. The zero-order valence-electron chi connectivity index (χ0n) is 18.4. The van der Waals surface area contributed by atoms with Gasteiger partial charge in [0, 0.05) is 24.7 Å². The highest BCUT2D eigenvalue weighted by molar-refractivity contribution is 7.85. The molecule has 2 rings (SSSR count). The van der Waals surface area contributed by atoms with E-state index in [1.54, 1.807) is 20.8 Å². The number of hydrogen-bond acceptors (Lipinski definition) is 5. The highest BCUT2D eigenvalue weighted by atomic mass is 32.2. The summed E-state index contributed by atoms with van der Waals surface area (Å²) >= 11 is 0. The first-order chi connectivity index (χ1) is 16.0. The fourth-order valence-electron chi connectivity index (χ4n) is 2.92. The SMILES string of the molecule is CC(C)(C)N(CCOc1c(F)c(F)cc(F)c1F)CCOc1c(F)c(F)c(S(=O)(=O)O)c(F)c1F. The van der Waals surface area contributed by atoms with Crippen LogP contribution in [0, 0.1) is 46.5 Å². The van der Waals surface area contributed by atoms with Gasteiger partial charge in [0.05, 0.1) is 0 Å². The molecule has 0 saturated carbocycles. The minimum atomic E-state index is -5.63. The lowest BCUT2D eigenvalue weighted by Crippen LogP contribution is -2.45. The van der Waals surface area contributed by atoms with Gasteiger partial charge in [0.2, 0.25) is 23.3 Å². The van der Waals surface area contributed by atoms with Crippen LogP contribution >= 0.6 is 0 Å². The van der Waals surface area contributed by atoms with Crippen LogP contribution in [0.15, 0.2) is 11.0 Å². The molecule has 2 aromatic rings. The van der Waals surface area contributed by atoms with E-state index in [1.807, 2.05) is 0 Å². The Bertz CT molecular complexity index is 1160. The number of halogens is 8. The summed E-state index contributed by atoms with van der Waals surface area (Å²) in [4.78, 5) is -0.755. The fraction of sp³-hybridized carbons (Fsp3) is 0.400. The van der Waals surface area contributed by atoms with Gasteiger partial charge in [-0.2, -0.15) is 26.0 Å². The molecule has 0 aliphatic carbocycles. The molecule has 35 heavy (non-hydrogen) atoms. The van der Waals surface area contributed by atoms with Gasteiger partial charge in [-0.05, 0) is 20.8 Å². The van der Waals surface area contributed by atoms with Crippen molar-refractivity contribution in [2.45, 2.75) is 31.2 Å². The standard InChI is InChI=1S/C20H19F8NO5S/c1-20(2,3)29(4-6-33-17-11(23)9(21)8-10(22)12(17)24)5-7-34-18-13(25)15(27)19(35(30,31)32)16(28)14(18)26/h8H,4-7H2,1-3H3,(H,30,31,32). The second-order valence-electron chi connectivity index (χ2n) is 8.04. The predicted octanol–water partition coefficient (Wildman–Crippen LogP) is 4.60. The Morgan fingerprint density at radius 3 is 1.46 bits per heavy atom. The molecule has 2 aromatic carbocycles. The third kappa shape index (κ3) is 6.32. The van der Waals surface area contributed by atoms with E-state index >= 15 is 0 Å². The van der Waals surface area contributed by atoms with E-state index in [-0.39, 0.29) is 19.2 Å². The number of nitrogens with zero attached hydrogens (tertiary/aromatic N) is 1. The third-order valence-electron chi connectivity index (χ3n) is 4.68.